The summed E-state index contributed by atoms with van der Waals surface area (Å²) in [4.78, 5) is 16.1. The van der Waals surface area contributed by atoms with Crippen LogP contribution >= 0.6 is 0 Å². The molecule has 0 heterocycles. The molecule has 1 rings (SSSR count). The van der Waals surface area contributed by atoms with E-state index in [1.54, 1.807) is 0 Å². The van der Waals surface area contributed by atoms with Crippen LogP contribution in [0, 0.1) is 5.92 Å². The van der Waals surface area contributed by atoms with Crippen molar-refractivity contribution in [2.45, 2.75) is 71.1 Å². The number of hydrogen-bond donors (Lipinski definition) is 1. The van der Waals surface area contributed by atoms with Crippen molar-refractivity contribution in [1.82, 2.24) is 0 Å². The second-order valence-electron chi connectivity index (χ2n) is 6.61. The first-order valence-electron chi connectivity index (χ1n) is 8.44. The van der Waals surface area contributed by atoms with Crippen LogP contribution in [0.3, 0.4) is 0 Å². The molecule has 0 spiro atoms. The molecule has 0 amide bonds. The van der Waals surface area contributed by atoms with Gasteiger partial charge in [0.1, 0.15) is 0 Å². The largest absolute Gasteiger partial charge is 0.345 e. The predicted molar refractivity (Wildman–Crippen MR) is 89.7 cm³/mol. The van der Waals surface area contributed by atoms with Crippen molar-refractivity contribution >= 4 is 5.97 Å². The van der Waals surface area contributed by atoms with Gasteiger partial charge in [0.15, 0.2) is 0 Å². The lowest BCUT2D eigenvalue weighted by Crippen LogP contribution is -2.35. The Morgan fingerprint density at radius 2 is 1.68 bits per heavy atom. The van der Waals surface area contributed by atoms with E-state index in [1.165, 1.54) is 25.7 Å². The van der Waals surface area contributed by atoms with Gasteiger partial charge in [0.2, 0.25) is 0 Å². The van der Waals surface area contributed by atoms with E-state index in [4.69, 9.17) is 5.26 Å². The molecule has 0 bridgehead atoms. The van der Waals surface area contributed by atoms with Gasteiger partial charge in [0.25, 0.3) is 0 Å². The molecule has 1 N–H and O–H groups in total. The fraction of sp³-hybridized carbons (Fsp3) is 0.632. The minimum Gasteiger partial charge on any atom is -0.301 e. The van der Waals surface area contributed by atoms with E-state index in [-0.39, 0.29) is 11.3 Å². The molecule has 22 heavy (non-hydrogen) atoms. The van der Waals surface area contributed by atoms with Gasteiger partial charge < -0.3 is 4.89 Å². The summed E-state index contributed by atoms with van der Waals surface area (Å²) in [5.41, 5.74) is 0.737. The fourth-order valence-corrected chi connectivity index (χ4v) is 3.03. The molecule has 0 aromatic heterocycles. The highest BCUT2D eigenvalue weighted by Crippen LogP contribution is 2.35. The van der Waals surface area contributed by atoms with Crippen LogP contribution in [-0.2, 0) is 15.1 Å². The highest BCUT2D eigenvalue weighted by Gasteiger charge is 2.37. The SMILES string of the molecule is CCCCCCCCC(C(=O)OO)C(C)(C)c1ccccc1. The Labute approximate surface area is 134 Å². The molecule has 1 atom stereocenters. The van der Waals surface area contributed by atoms with E-state index in [0.717, 1.165) is 24.8 Å². The fourth-order valence-electron chi connectivity index (χ4n) is 3.03. The zero-order valence-corrected chi connectivity index (χ0v) is 14.2. The van der Waals surface area contributed by atoms with E-state index >= 15 is 0 Å². The van der Waals surface area contributed by atoms with Gasteiger partial charge in [-0.25, -0.2) is 4.79 Å². The van der Waals surface area contributed by atoms with Crippen molar-refractivity contribution in [3.63, 3.8) is 0 Å². The molecule has 1 aromatic carbocycles. The first-order chi connectivity index (χ1) is 10.5. The Balaban J connectivity index is 2.66. The quantitative estimate of drug-likeness (QED) is 0.360. The topological polar surface area (TPSA) is 46.5 Å². The van der Waals surface area contributed by atoms with Gasteiger partial charge in [-0.05, 0) is 12.0 Å². The molecule has 3 nitrogen and oxygen atoms in total. The van der Waals surface area contributed by atoms with Crippen LogP contribution in [0.15, 0.2) is 30.3 Å². The molecule has 1 aromatic rings. The lowest BCUT2D eigenvalue weighted by molar-refractivity contribution is -0.241. The number of hydrogen-bond acceptors (Lipinski definition) is 3. The van der Waals surface area contributed by atoms with Crippen LogP contribution in [0.5, 0.6) is 0 Å². The van der Waals surface area contributed by atoms with E-state index in [9.17, 15) is 4.79 Å². The lowest BCUT2D eigenvalue weighted by Gasteiger charge is -2.32. The lowest BCUT2D eigenvalue weighted by atomic mass is 9.71. The van der Waals surface area contributed by atoms with Crippen molar-refractivity contribution in [3.05, 3.63) is 35.9 Å². The van der Waals surface area contributed by atoms with Gasteiger partial charge in [-0.15, -0.1) is 0 Å². The first kappa shape index (κ1) is 18.7. The minimum atomic E-state index is -0.526. The summed E-state index contributed by atoms with van der Waals surface area (Å²) in [6.07, 6.45) is 7.83. The Kier molecular flexibility index (Phi) is 8.18. The molecule has 0 radical (unpaired) electrons. The summed E-state index contributed by atoms with van der Waals surface area (Å²) >= 11 is 0. The maximum atomic E-state index is 12.0. The molecule has 0 aliphatic carbocycles. The summed E-state index contributed by atoms with van der Waals surface area (Å²) in [6, 6.07) is 9.97. The smallest absolute Gasteiger partial charge is 0.301 e. The Bertz CT molecular complexity index is 426. The Morgan fingerprint density at radius 1 is 1.09 bits per heavy atom. The highest BCUT2D eigenvalue weighted by atomic mass is 17.1. The van der Waals surface area contributed by atoms with Gasteiger partial charge in [0, 0.05) is 5.41 Å². The van der Waals surface area contributed by atoms with Crippen molar-refractivity contribution in [2.24, 2.45) is 5.92 Å². The van der Waals surface area contributed by atoms with Crippen LogP contribution in [0.25, 0.3) is 0 Å². The van der Waals surface area contributed by atoms with E-state index in [2.05, 4.69) is 11.8 Å². The maximum absolute atomic E-state index is 12.0. The summed E-state index contributed by atoms with van der Waals surface area (Å²) in [5.74, 6) is -0.853. The number of rotatable bonds is 10. The first-order valence-corrected chi connectivity index (χ1v) is 8.44. The maximum Gasteiger partial charge on any atom is 0.345 e. The van der Waals surface area contributed by atoms with Crippen LogP contribution in [-0.4, -0.2) is 11.2 Å². The van der Waals surface area contributed by atoms with Crippen molar-refractivity contribution in [2.75, 3.05) is 0 Å². The minimum absolute atomic E-state index is 0.328. The zero-order chi connectivity index (χ0) is 16.4. The van der Waals surface area contributed by atoms with Crippen LogP contribution in [0.1, 0.15) is 71.3 Å². The van der Waals surface area contributed by atoms with Gasteiger partial charge in [-0.3, -0.25) is 0 Å². The van der Waals surface area contributed by atoms with Gasteiger partial charge in [-0.2, -0.15) is 5.26 Å². The third-order valence-electron chi connectivity index (χ3n) is 4.61. The number of unbranched alkanes of at least 4 members (excludes halogenated alkanes) is 5. The third-order valence-corrected chi connectivity index (χ3v) is 4.61. The zero-order valence-electron chi connectivity index (χ0n) is 14.2. The Morgan fingerprint density at radius 3 is 2.27 bits per heavy atom. The molecule has 0 aliphatic rings. The predicted octanol–water partition coefficient (Wildman–Crippen LogP) is 5.35. The van der Waals surface area contributed by atoms with Gasteiger partial charge >= 0.3 is 5.97 Å². The second-order valence-corrected chi connectivity index (χ2v) is 6.61. The highest BCUT2D eigenvalue weighted by molar-refractivity contribution is 5.73. The van der Waals surface area contributed by atoms with Gasteiger partial charge in [0.05, 0.1) is 5.92 Å². The third kappa shape index (κ3) is 5.45. The molecular weight excluding hydrogens is 276 g/mol. The monoisotopic (exact) mass is 306 g/mol. The van der Waals surface area contributed by atoms with E-state index in [1.807, 2.05) is 44.2 Å². The van der Waals surface area contributed by atoms with Crippen LogP contribution < -0.4 is 0 Å². The summed E-state index contributed by atoms with van der Waals surface area (Å²) in [7, 11) is 0. The average Bonchev–Trinajstić information content (AvgIpc) is 2.54. The Hall–Kier alpha value is -1.35. The summed E-state index contributed by atoms with van der Waals surface area (Å²) in [6.45, 7) is 6.29. The molecule has 3 heteroatoms. The molecular formula is C19H30O3. The second kappa shape index (κ2) is 9.62. The summed E-state index contributed by atoms with van der Waals surface area (Å²) < 4.78 is 0. The summed E-state index contributed by atoms with van der Waals surface area (Å²) in [5, 5.41) is 8.84. The number of benzene rings is 1. The van der Waals surface area contributed by atoms with E-state index in [0.29, 0.717) is 0 Å². The normalized spacial score (nSPS) is 12.9. The van der Waals surface area contributed by atoms with Crippen LogP contribution in [0.2, 0.25) is 0 Å². The van der Waals surface area contributed by atoms with Crippen molar-refractivity contribution in [3.8, 4) is 0 Å². The number of carbonyl (C=O) groups is 1. The average molecular weight is 306 g/mol. The molecule has 0 saturated heterocycles. The number of carbonyl (C=O) groups excluding carboxylic acids is 1. The van der Waals surface area contributed by atoms with Crippen molar-refractivity contribution in [1.29, 1.82) is 0 Å². The molecule has 0 aliphatic heterocycles. The van der Waals surface area contributed by atoms with Crippen molar-refractivity contribution < 1.29 is 14.9 Å². The van der Waals surface area contributed by atoms with E-state index < -0.39 is 5.97 Å². The molecule has 0 saturated carbocycles. The van der Waals surface area contributed by atoms with Gasteiger partial charge in [-0.1, -0.05) is 89.6 Å². The molecule has 124 valence electrons. The molecule has 0 fully saturated rings. The standard InChI is InChI=1S/C19H30O3/c1-4-5-6-7-8-12-15-17(18(20)22-21)19(2,3)16-13-10-9-11-14-16/h9-11,13-14,17,21H,4-8,12,15H2,1-3H3. The molecule has 1 unspecified atom stereocenters. The van der Waals surface area contributed by atoms with Crippen LogP contribution in [0.4, 0.5) is 0 Å².